The van der Waals surface area contributed by atoms with E-state index in [1.54, 1.807) is 13.0 Å². The Balaban J connectivity index is 1.26. The number of nitrogens with one attached hydrogen (secondary N) is 1. The van der Waals surface area contributed by atoms with Crippen LogP contribution in [-0.4, -0.2) is 61.9 Å². The summed E-state index contributed by atoms with van der Waals surface area (Å²) in [5.41, 5.74) is 1.83. The maximum absolute atomic E-state index is 12.6. The van der Waals surface area contributed by atoms with Crippen molar-refractivity contribution in [1.29, 1.82) is 0 Å². The lowest BCUT2D eigenvalue weighted by molar-refractivity contribution is 0.481. The zero-order valence-electron chi connectivity index (χ0n) is 34.8. The highest BCUT2D eigenvalue weighted by molar-refractivity contribution is 7.86. The van der Waals surface area contributed by atoms with E-state index in [1.165, 1.54) is 36.4 Å². The number of fused-ring (bicyclic) bond motifs is 2. The van der Waals surface area contributed by atoms with Crippen LogP contribution in [0.5, 0.6) is 0 Å². The minimum absolute atomic E-state index is 0.00186. The van der Waals surface area contributed by atoms with Crippen molar-refractivity contribution >= 4 is 124 Å². The molecule has 2 heterocycles. The predicted molar refractivity (Wildman–Crippen MR) is 256 cm³/mol. The molecule has 0 bridgehead atoms. The molecule has 0 aliphatic rings. The van der Waals surface area contributed by atoms with Crippen LogP contribution >= 0.6 is 22.9 Å². The predicted octanol–water partition coefficient (Wildman–Crippen LogP) is 11.2. The van der Waals surface area contributed by atoms with Crippen LogP contribution < -0.4 is 5.32 Å². The van der Waals surface area contributed by atoms with Gasteiger partial charge in [0.15, 0.2) is 10.8 Å². The molecular weight excluding hydrogens is 1020 g/mol. The maximum Gasteiger partial charge on any atom is 0.295 e. The van der Waals surface area contributed by atoms with Crippen molar-refractivity contribution in [2.24, 2.45) is 20.5 Å². The Kier molecular flexibility index (Phi) is 13.0. The summed E-state index contributed by atoms with van der Waals surface area (Å²) >= 11 is 6.93. The molecule has 0 aliphatic carbocycles. The van der Waals surface area contributed by atoms with Gasteiger partial charge in [0.1, 0.15) is 21.2 Å². The molecule has 0 amide bonds. The molecule has 350 valence electrons. The van der Waals surface area contributed by atoms with Crippen LogP contribution in [0.25, 0.3) is 37.6 Å². The van der Waals surface area contributed by atoms with Gasteiger partial charge in [0, 0.05) is 33.5 Å². The first-order valence-electron chi connectivity index (χ1n) is 19.3. The number of halogens is 1. The number of benzene rings is 6. The summed E-state index contributed by atoms with van der Waals surface area (Å²) in [5.74, 6) is 0.0236. The average molecular weight is 1050 g/mol. The van der Waals surface area contributed by atoms with E-state index < -0.39 is 50.3 Å². The highest BCUT2D eigenvalue weighted by atomic mass is 35.5. The SMILES string of the molecule is [C-]#[N+]c1c(Cc2ccc(S(=O)(=O)O)cc2)nc(Nc2ccc(S(=O)(=O)O)cc2)c(N=Nc2nc(-c3ccc4ccccc4c3)c(N=Nc3cc(S(=O)(=O)O)c4cc(Cl)cc(S(=O)(=O)O)c4c3)s2)c1C. The molecule has 0 aliphatic heterocycles. The largest absolute Gasteiger partial charge is 0.338 e. The van der Waals surface area contributed by atoms with E-state index in [0.29, 0.717) is 11.1 Å². The number of rotatable bonds is 13. The van der Waals surface area contributed by atoms with Crippen molar-refractivity contribution in [1.82, 2.24) is 9.97 Å². The van der Waals surface area contributed by atoms with E-state index in [0.717, 1.165) is 58.5 Å². The molecule has 6 aromatic carbocycles. The summed E-state index contributed by atoms with van der Waals surface area (Å²) in [7, 11) is -19.1. The van der Waals surface area contributed by atoms with Crippen LogP contribution in [0.15, 0.2) is 155 Å². The summed E-state index contributed by atoms with van der Waals surface area (Å²) < 4.78 is 136. The van der Waals surface area contributed by atoms with Crippen LogP contribution in [0, 0.1) is 13.5 Å². The van der Waals surface area contributed by atoms with Crippen molar-refractivity contribution < 1.29 is 51.9 Å². The molecule has 0 atom stereocenters. The molecular formula is C43H29ClN8O12S5. The zero-order valence-corrected chi connectivity index (χ0v) is 39.6. The third-order valence-corrected chi connectivity index (χ3v) is 14.8. The monoisotopic (exact) mass is 1040 g/mol. The van der Waals surface area contributed by atoms with Gasteiger partial charge in [0.25, 0.3) is 40.5 Å². The summed E-state index contributed by atoms with van der Waals surface area (Å²) in [4.78, 5) is 10.8. The molecule has 69 heavy (non-hydrogen) atoms. The smallest absolute Gasteiger partial charge is 0.295 e. The number of aromatic nitrogens is 2. The summed E-state index contributed by atoms with van der Waals surface area (Å²) in [5, 5.41) is 21.3. The topological polar surface area (TPSA) is 309 Å². The first-order valence-corrected chi connectivity index (χ1v) is 26.3. The highest BCUT2D eigenvalue weighted by Crippen LogP contribution is 2.44. The molecule has 0 unspecified atom stereocenters. The van der Waals surface area contributed by atoms with Crippen molar-refractivity contribution in [2.75, 3.05) is 5.32 Å². The number of anilines is 2. The molecule has 8 aromatic rings. The molecule has 0 saturated heterocycles. The van der Waals surface area contributed by atoms with Crippen molar-refractivity contribution in [3.8, 4) is 11.3 Å². The van der Waals surface area contributed by atoms with Crippen LogP contribution in [0.2, 0.25) is 5.02 Å². The van der Waals surface area contributed by atoms with Gasteiger partial charge in [0.2, 0.25) is 10.8 Å². The maximum atomic E-state index is 12.6. The second-order valence-electron chi connectivity index (χ2n) is 14.8. The lowest BCUT2D eigenvalue weighted by Gasteiger charge is -2.15. The van der Waals surface area contributed by atoms with Crippen LogP contribution in [0.1, 0.15) is 16.8 Å². The normalized spacial score (nSPS) is 12.6. The molecule has 26 heteroatoms. The number of hydrogen-bond donors (Lipinski definition) is 5. The van der Waals surface area contributed by atoms with Crippen LogP contribution in [0.4, 0.5) is 38.7 Å². The van der Waals surface area contributed by atoms with Gasteiger partial charge >= 0.3 is 0 Å². The Morgan fingerprint density at radius 1 is 0.667 bits per heavy atom. The molecule has 8 rings (SSSR count). The van der Waals surface area contributed by atoms with Gasteiger partial charge < -0.3 is 5.32 Å². The number of nitrogens with zero attached hydrogens (tertiary/aromatic N) is 7. The lowest BCUT2D eigenvalue weighted by Crippen LogP contribution is -2.03. The molecule has 0 saturated carbocycles. The molecule has 0 radical (unpaired) electrons. The lowest BCUT2D eigenvalue weighted by atomic mass is 10.0. The fourth-order valence-electron chi connectivity index (χ4n) is 7.01. The molecule has 0 spiro atoms. The first-order chi connectivity index (χ1) is 32.5. The Bertz CT molecular complexity index is 4000. The molecule has 2 aromatic heterocycles. The quantitative estimate of drug-likeness (QED) is 0.0407. The van der Waals surface area contributed by atoms with Crippen molar-refractivity contribution in [2.45, 2.75) is 32.9 Å². The van der Waals surface area contributed by atoms with E-state index in [2.05, 4.69) is 30.6 Å². The molecule has 0 fully saturated rings. The standard InChI is InChI=1S/C43H29ClN8O12S5/c1-23-38(45-2)35(17-24-7-13-31(14-8-24)66(53,54)55)47-41(46-29-11-15-32(16-12-29)67(56,57)58)39(23)50-52-43-48-40(27-10-9-25-5-3-4-6-26(25)18-27)42(65-43)51-49-30-21-34-33(37(22-30)69(62,63)64)19-28(44)20-36(34)68(59,60)61/h3-16,18-22H,17H2,1H3,(H,46,47)(H,53,54,55)(H,56,57,58)(H,59,60,61)(H,62,63,64). The van der Waals surface area contributed by atoms with Crippen LogP contribution in [0.3, 0.4) is 0 Å². The molecule has 20 nitrogen and oxygen atoms in total. The van der Waals surface area contributed by atoms with Crippen molar-refractivity contribution in [3.63, 3.8) is 0 Å². The Morgan fingerprint density at radius 2 is 1.28 bits per heavy atom. The first kappa shape index (κ1) is 48.5. The second kappa shape index (κ2) is 18.5. The van der Waals surface area contributed by atoms with Gasteiger partial charge in [-0.25, -0.2) is 14.8 Å². The Labute approximate surface area is 401 Å². The van der Waals surface area contributed by atoms with Gasteiger partial charge in [-0.1, -0.05) is 71.5 Å². The summed E-state index contributed by atoms with van der Waals surface area (Å²) in [6, 6.07) is 27.1. The third kappa shape index (κ3) is 10.7. The van der Waals surface area contributed by atoms with E-state index in [9.17, 15) is 51.9 Å². The average Bonchev–Trinajstić information content (AvgIpc) is 3.69. The fraction of sp³-hybridized carbons (Fsp3) is 0.0465. The van der Waals surface area contributed by atoms with E-state index in [1.807, 2.05) is 36.4 Å². The van der Waals surface area contributed by atoms with Gasteiger partial charge in [-0.2, -0.15) is 33.7 Å². The fourth-order valence-corrected chi connectivity index (χ4v) is 10.4. The Hall–Kier alpha value is -6.96. The minimum Gasteiger partial charge on any atom is -0.338 e. The number of pyridine rings is 1. The number of hydrogen-bond acceptors (Lipinski definition) is 16. The van der Waals surface area contributed by atoms with Gasteiger partial charge in [-0.3, -0.25) is 18.2 Å². The minimum atomic E-state index is -5.05. The number of azo groups is 2. The Morgan fingerprint density at radius 3 is 1.90 bits per heavy atom. The zero-order chi connectivity index (χ0) is 49.6. The van der Waals surface area contributed by atoms with Crippen molar-refractivity contribution in [3.05, 3.63) is 149 Å². The van der Waals surface area contributed by atoms with Crippen LogP contribution in [-0.2, 0) is 46.9 Å². The summed E-state index contributed by atoms with van der Waals surface area (Å²) in [6.07, 6.45) is 0.00186. The van der Waals surface area contributed by atoms with Gasteiger partial charge in [-0.05, 0) is 95.6 Å². The summed E-state index contributed by atoms with van der Waals surface area (Å²) in [6.45, 7) is 9.67. The van der Waals surface area contributed by atoms with E-state index in [-0.39, 0.29) is 87.7 Å². The molecule has 5 N–H and O–H groups in total. The highest BCUT2D eigenvalue weighted by Gasteiger charge is 2.24. The van der Waals surface area contributed by atoms with E-state index in [4.69, 9.17) is 28.1 Å². The second-order valence-corrected chi connectivity index (χ2v) is 21.8. The van der Waals surface area contributed by atoms with Gasteiger partial charge in [-0.15, -0.1) is 20.5 Å². The van der Waals surface area contributed by atoms with E-state index >= 15 is 0 Å². The van der Waals surface area contributed by atoms with Gasteiger partial charge in [0.05, 0.1) is 27.7 Å². The number of thiazole rings is 1. The third-order valence-electron chi connectivity index (χ3n) is 10.2.